The first-order valence-corrected chi connectivity index (χ1v) is 4.94. The molecule has 3 nitrogen and oxygen atoms in total. The Balaban J connectivity index is 2.13. The monoisotopic (exact) mass is 175 g/mol. The molecular formula is C7H13NO2S. The fourth-order valence-electron chi connectivity index (χ4n) is 0.966. The van der Waals surface area contributed by atoms with Crippen LogP contribution in [0, 0.1) is 0 Å². The maximum Gasteiger partial charge on any atom is 0.320 e. The van der Waals surface area contributed by atoms with Gasteiger partial charge < -0.3 is 4.74 Å². The van der Waals surface area contributed by atoms with Crippen LogP contribution in [0.15, 0.2) is 0 Å². The molecule has 0 amide bonds. The first-order chi connectivity index (χ1) is 5.33. The summed E-state index contributed by atoms with van der Waals surface area (Å²) < 4.78 is 4.81. The zero-order valence-electron chi connectivity index (χ0n) is 6.71. The van der Waals surface area contributed by atoms with Crippen molar-refractivity contribution in [3.8, 4) is 0 Å². The Morgan fingerprint density at radius 1 is 1.73 bits per heavy atom. The minimum atomic E-state index is -0.102. The molecule has 1 saturated heterocycles. The zero-order valence-corrected chi connectivity index (χ0v) is 7.52. The molecule has 0 radical (unpaired) electrons. The average Bonchev–Trinajstić information content (AvgIpc) is 2.40. The van der Waals surface area contributed by atoms with Gasteiger partial charge in [-0.25, -0.2) is 0 Å². The van der Waals surface area contributed by atoms with E-state index in [2.05, 4.69) is 4.90 Å². The minimum Gasteiger partial charge on any atom is -0.465 e. The van der Waals surface area contributed by atoms with Crippen LogP contribution in [-0.2, 0) is 9.53 Å². The number of esters is 1. The van der Waals surface area contributed by atoms with E-state index in [-0.39, 0.29) is 5.97 Å². The number of carbonyl (C=O) groups is 1. The van der Waals surface area contributed by atoms with Gasteiger partial charge in [0.1, 0.15) is 0 Å². The van der Waals surface area contributed by atoms with Crippen molar-refractivity contribution < 1.29 is 9.53 Å². The summed E-state index contributed by atoms with van der Waals surface area (Å²) in [6.45, 7) is 3.79. The smallest absolute Gasteiger partial charge is 0.320 e. The first-order valence-electron chi connectivity index (χ1n) is 3.78. The molecular weight excluding hydrogens is 162 g/mol. The van der Waals surface area contributed by atoms with Crippen molar-refractivity contribution in [2.75, 3.05) is 31.3 Å². The van der Waals surface area contributed by atoms with E-state index in [0.717, 1.165) is 18.2 Å². The second-order valence-electron chi connectivity index (χ2n) is 2.39. The molecule has 1 aliphatic rings. The lowest BCUT2D eigenvalue weighted by Crippen LogP contribution is -2.28. The van der Waals surface area contributed by atoms with E-state index >= 15 is 0 Å². The van der Waals surface area contributed by atoms with Crippen LogP contribution in [0.1, 0.15) is 6.92 Å². The molecule has 0 saturated carbocycles. The summed E-state index contributed by atoms with van der Waals surface area (Å²) in [5.74, 6) is 2.01. The van der Waals surface area contributed by atoms with Crippen LogP contribution in [0.5, 0.6) is 0 Å². The van der Waals surface area contributed by atoms with Crippen molar-refractivity contribution >= 4 is 17.7 Å². The van der Waals surface area contributed by atoms with Crippen molar-refractivity contribution in [3.05, 3.63) is 0 Å². The van der Waals surface area contributed by atoms with E-state index in [1.54, 1.807) is 0 Å². The molecule has 0 bridgehead atoms. The third kappa shape index (κ3) is 3.12. The number of rotatable bonds is 3. The molecule has 0 spiro atoms. The van der Waals surface area contributed by atoms with Crippen molar-refractivity contribution in [2.45, 2.75) is 6.92 Å². The SMILES string of the molecule is CCOC(=O)CN1CCSC1. The second kappa shape index (κ2) is 4.62. The van der Waals surface area contributed by atoms with Gasteiger partial charge in [-0.05, 0) is 6.92 Å². The molecule has 1 heterocycles. The summed E-state index contributed by atoms with van der Waals surface area (Å²) in [5.41, 5.74) is 0. The standard InChI is InChI=1S/C7H13NO2S/c1-2-10-7(9)5-8-3-4-11-6-8/h2-6H2,1H3. The lowest BCUT2D eigenvalue weighted by molar-refractivity contribution is -0.144. The van der Waals surface area contributed by atoms with E-state index in [4.69, 9.17) is 4.74 Å². The molecule has 0 N–H and O–H groups in total. The normalized spacial score (nSPS) is 18.6. The number of nitrogens with zero attached hydrogens (tertiary/aromatic N) is 1. The Kier molecular flexibility index (Phi) is 3.72. The molecule has 0 aliphatic carbocycles. The van der Waals surface area contributed by atoms with Crippen molar-refractivity contribution in [2.24, 2.45) is 0 Å². The van der Waals surface area contributed by atoms with Gasteiger partial charge in [-0.3, -0.25) is 9.69 Å². The second-order valence-corrected chi connectivity index (χ2v) is 3.47. The van der Waals surface area contributed by atoms with Gasteiger partial charge in [0.05, 0.1) is 13.2 Å². The van der Waals surface area contributed by atoms with Crippen LogP contribution in [0.3, 0.4) is 0 Å². The molecule has 0 unspecified atom stereocenters. The highest BCUT2D eigenvalue weighted by Gasteiger charge is 2.15. The third-order valence-electron chi connectivity index (χ3n) is 1.48. The molecule has 0 aromatic carbocycles. The predicted molar refractivity (Wildman–Crippen MR) is 45.5 cm³/mol. The van der Waals surface area contributed by atoms with E-state index in [0.29, 0.717) is 13.2 Å². The van der Waals surface area contributed by atoms with Crippen LogP contribution in [0.2, 0.25) is 0 Å². The van der Waals surface area contributed by atoms with Crippen molar-refractivity contribution in [1.29, 1.82) is 0 Å². The number of thioether (sulfide) groups is 1. The summed E-state index contributed by atoms with van der Waals surface area (Å²) in [6.07, 6.45) is 0. The summed E-state index contributed by atoms with van der Waals surface area (Å²) in [7, 11) is 0. The average molecular weight is 175 g/mol. The predicted octanol–water partition coefficient (Wildman–Crippen LogP) is 0.556. The van der Waals surface area contributed by atoms with Crippen LogP contribution >= 0.6 is 11.8 Å². The third-order valence-corrected chi connectivity index (χ3v) is 2.50. The number of ether oxygens (including phenoxy) is 1. The van der Waals surface area contributed by atoms with E-state index in [1.807, 2.05) is 18.7 Å². The van der Waals surface area contributed by atoms with Gasteiger partial charge >= 0.3 is 5.97 Å². The highest BCUT2D eigenvalue weighted by molar-refractivity contribution is 7.99. The van der Waals surface area contributed by atoms with Gasteiger partial charge in [0, 0.05) is 18.2 Å². The molecule has 4 heteroatoms. The van der Waals surface area contributed by atoms with Gasteiger partial charge in [0.2, 0.25) is 0 Å². The quantitative estimate of drug-likeness (QED) is 0.586. The Morgan fingerprint density at radius 2 is 2.55 bits per heavy atom. The van der Waals surface area contributed by atoms with Crippen LogP contribution in [0.25, 0.3) is 0 Å². The lowest BCUT2D eigenvalue weighted by Gasteiger charge is -2.11. The Morgan fingerprint density at radius 3 is 3.09 bits per heavy atom. The maximum atomic E-state index is 10.9. The summed E-state index contributed by atoms with van der Waals surface area (Å²) >= 11 is 1.86. The highest BCUT2D eigenvalue weighted by Crippen LogP contribution is 2.12. The van der Waals surface area contributed by atoms with Gasteiger partial charge in [-0.15, -0.1) is 11.8 Å². The van der Waals surface area contributed by atoms with E-state index < -0.39 is 0 Å². The number of hydrogen-bond acceptors (Lipinski definition) is 4. The number of carbonyl (C=O) groups excluding carboxylic acids is 1. The first kappa shape index (κ1) is 8.87. The topological polar surface area (TPSA) is 29.5 Å². The van der Waals surface area contributed by atoms with E-state index in [1.165, 1.54) is 0 Å². The summed E-state index contributed by atoms with van der Waals surface area (Å²) in [5, 5.41) is 0. The zero-order chi connectivity index (χ0) is 8.10. The molecule has 0 aromatic rings. The van der Waals surface area contributed by atoms with Crippen molar-refractivity contribution in [3.63, 3.8) is 0 Å². The van der Waals surface area contributed by atoms with Crippen LogP contribution < -0.4 is 0 Å². The summed E-state index contributed by atoms with van der Waals surface area (Å²) in [6, 6.07) is 0. The van der Waals surface area contributed by atoms with Gasteiger partial charge in [0.15, 0.2) is 0 Å². The molecule has 1 rings (SSSR count). The molecule has 11 heavy (non-hydrogen) atoms. The van der Waals surface area contributed by atoms with Crippen LogP contribution in [-0.4, -0.2) is 42.2 Å². The van der Waals surface area contributed by atoms with Crippen LogP contribution in [0.4, 0.5) is 0 Å². The largest absolute Gasteiger partial charge is 0.465 e. The molecule has 1 aliphatic heterocycles. The summed E-state index contributed by atoms with van der Waals surface area (Å²) in [4.78, 5) is 13.0. The highest BCUT2D eigenvalue weighted by atomic mass is 32.2. The molecule has 64 valence electrons. The Bertz CT molecular complexity index is 134. The van der Waals surface area contributed by atoms with Gasteiger partial charge in [-0.2, -0.15) is 0 Å². The number of hydrogen-bond donors (Lipinski definition) is 0. The van der Waals surface area contributed by atoms with Gasteiger partial charge in [-0.1, -0.05) is 0 Å². The fourth-order valence-corrected chi connectivity index (χ4v) is 1.96. The van der Waals surface area contributed by atoms with Gasteiger partial charge in [0.25, 0.3) is 0 Å². The maximum absolute atomic E-state index is 10.9. The Labute approximate surface area is 71.1 Å². The molecule has 0 aromatic heterocycles. The fraction of sp³-hybridized carbons (Fsp3) is 0.857. The minimum absolute atomic E-state index is 0.102. The molecule has 1 fully saturated rings. The van der Waals surface area contributed by atoms with E-state index in [9.17, 15) is 4.79 Å². The van der Waals surface area contributed by atoms with Crippen molar-refractivity contribution in [1.82, 2.24) is 4.90 Å². The lowest BCUT2D eigenvalue weighted by atomic mass is 10.5. The Hall–Kier alpha value is -0.220. The molecule has 0 atom stereocenters.